The zero-order chi connectivity index (χ0) is 25.2. The van der Waals surface area contributed by atoms with Crippen LogP contribution in [0.15, 0.2) is 82.6 Å². The zero-order valence-electron chi connectivity index (χ0n) is 18.9. The molecule has 36 heavy (non-hydrogen) atoms. The van der Waals surface area contributed by atoms with Crippen molar-refractivity contribution < 1.29 is 18.7 Å². The first-order valence-electron chi connectivity index (χ1n) is 10.8. The summed E-state index contributed by atoms with van der Waals surface area (Å²) in [6, 6.07) is 17.8. The molecule has 1 aliphatic heterocycles. The lowest BCUT2D eigenvalue weighted by Crippen LogP contribution is -2.27. The quantitative estimate of drug-likeness (QED) is 0.261. The van der Waals surface area contributed by atoms with Gasteiger partial charge >= 0.3 is 0 Å². The molecule has 1 amide bonds. The molecule has 0 radical (unpaired) electrons. The van der Waals surface area contributed by atoms with Gasteiger partial charge in [-0.25, -0.2) is 4.39 Å². The second-order valence-electron chi connectivity index (χ2n) is 7.74. The van der Waals surface area contributed by atoms with Gasteiger partial charge in [-0.1, -0.05) is 42.2 Å². The van der Waals surface area contributed by atoms with Gasteiger partial charge in [0, 0.05) is 6.20 Å². The fourth-order valence-corrected chi connectivity index (χ4v) is 4.82. The molecule has 1 fully saturated rings. The maximum atomic E-state index is 13.4. The first-order valence-corrected chi connectivity index (χ1v) is 12.0. The van der Waals surface area contributed by atoms with Crippen LogP contribution >= 0.6 is 24.0 Å². The first kappa shape index (κ1) is 23.7. The van der Waals surface area contributed by atoms with Gasteiger partial charge in [0.05, 0.1) is 18.6 Å². The van der Waals surface area contributed by atoms with Crippen molar-refractivity contribution in [3.05, 3.63) is 105 Å². The number of halogens is 1. The molecule has 2 aromatic carbocycles. The third-order valence-corrected chi connectivity index (χ3v) is 6.79. The van der Waals surface area contributed by atoms with E-state index in [1.54, 1.807) is 31.5 Å². The number of aromatic nitrogens is 2. The molecule has 0 aliphatic carbocycles. The molecule has 0 spiro atoms. The highest BCUT2D eigenvalue weighted by Crippen LogP contribution is 2.35. The Kier molecular flexibility index (Phi) is 6.53. The topological polar surface area (TPSA) is 73.1 Å². The van der Waals surface area contributed by atoms with Crippen LogP contribution in [0, 0.1) is 5.82 Å². The maximum absolute atomic E-state index is 13.4. The summed E-state index contributed by atoms with van der Waals surface area (Å²) in [5.74, 6) is 0.256. The molecule has 180 valence electrons. The number of hydrogen-bond donors (Lipinski definition) is 0. The van der Waals surface area contributed by atoms with E-state index in [1.807, 2.05) is 24.3 Å². The fraction of sp³-hybridized carbons (Fsp3) is 0.0769. The smallest absolute Gasteiger partial charge is 0.269 e. The van der Waals surface area contributed by atoms with E-state index in [0.717, 1.165) is 17.3 Å². The number of thiocarbonyl (C=S) groups is 1. The maximum Gasteiger partial charge on any atom is 0.269 e. The number of carbonyl (C=O) groups is 1. The molecule has 0 bridgehead atoms. The Bertz CT molecular complexity index is 1570. The Morgan fingerprint density at radius 1 is 1.03 bits per heavy atom. The highest BCUT2D eigenvalue weighted by atomic mass is 32.2. The van der Waals surface area contributed by atoms with Gasteiger partial charge in [-0.3, -0.25) is 18.9 Å². The monoisotopic (exact) mass is 519 g/mol. The van der Waals surface area contributed by atoms with Crippen LogP contribution in [0.25, 0.3) is 11.7 Å². The van der Waals surface area contributed by atoms with Gasteiger partial charge in [0.2, 0.25) is 5.88 Å². The molecule has 1 saturated heterocycles. The summed E-state index contributed by atoms with van der Waals surface area (Å²) in [4.78, 5) is 32.8. The predicted molar refractivity (Wildman–Crippen MR) is 140 cm³/mol. The molecule has 10 heteroatoms. The standard InChI is InChI=1S/C26H18FN3O4S2/c1-33-18-9-5-16(6-10-18)15-30-25(32)21(36-26(30)35)14-20-23(34-19-11-7-17(27)8-12-19)28-22-4-2-3-13-29(22)24(20)31/h2-14H,15H2,1H3/b21-14+. The predicted octanol–water partition coefficient (Wildman–Crippen LogP) is 5.04. The summed E-state index contributed by atoms with van der Waals surface area (Å²) < 4.78 is 26.1. The van der Waals surface area contributed by atoms with E-state index in [-0.39, 0.29) is 28.8 Å². The Morgan fingerprint density at radius 2 is 1.75 bits per heavy atom. The van der Waals surface area contributed by atoms with Crippen LogP contribution in [-0.2, 0) is 11.3 Å². The number of methoxy groups -OCH3 is 1. The number of fused-ring (bicyclic) bond motifs is 1. The van der Waals surface area contributed by atoms with Crippen molar-refractivity contribution in [3.8, 4) is 17.4 Å². The normalized spacial score (nSPS) is 14.6. The Morgan fingerprint density at radius 3 is 2.47 bits per heavy atom. The minimum absolute atomic E-state index is 0.00164. The van der Waals surface area contributed by atoms with Gasteiger partial charge in [0.1, 0.15) is 32.8 Å². The third-order valence-electron chi connectivity index (χ3n) is 5.41. The van der Waals surface area contributed by atoms with E-state index >= 15 is 0 Å². The van der Waals surface area contributed by atoms with E-state index in [9.17, 15) is 14.0 Å². The van der Waals surface area contributed by atoms with Crippen LogP contribution in [0.4, 0.5) is 4.39 Å². The molecule has 0 unspecified atom stereocenters. The minimum atomic E-state index is -0.422. The zero-order valence-corrected chi connectivity index (χ0v) is 20.5. The summed E-state index contributed by atoms with van der Waals surface area (Å²) >= 11 is 6.55. The van der Waals surface area contributed by atoms with Crippen molar-refractivity contribution in [2.45, 2.75) is 6.54 Å². The van der Waals surface area contributed by atoms with E-state index in [2.05, 4.69) is 4.98 Å². The van der Waals surface area contributed by atoms with Crippen LogP contribution in [0.5, 0.6) is 17.4 Å². The van der Waals surface area contributed by atoms with Gasteiger partial charge in [0.15, 0.2) is 0 Å². The van der Waals surface area contributed by atoms with Crippen molar-refractivity contribution >= 4 is 45.9 Å². The molecule has 0 atom stereocenters. The Balaban J connectivity index is 1.52. The molecule has 7 nitrogen and oxygen atoms in total. The Labute approximate surface area is 214 Å². The van der Waals surface area contributed by atoms with Crippen molar-refractivity contribution in [2.75, 3.05) is 7.11 Å². The first-order chi connectivity index (χ1) is 17.4. The number of ether oxygens (including phenoxy) is 2. The summed E-state index contributed by atoms with van der Waals surface area (Å²) in [6.07, 6.45) is 3.03. The molecular formula is C26H18FN3O4S2. The number of pyridine rings is 1. The second kappa shape index (κ2) is 9.92. The second-order valence-corrected chi connectivity index (χ2v) is 9.41. The highest BCUT2D eigenvalue weighted by Gasteiger charge is 2.33. The third kappa shape index (κ3) is 4.73. The van der Waals surface area contributed by atoms with E-state index in [4.69, 9.17) is 21.7 Å². The summed E-state index contributed by atoms with van der Waals surface area (Å²) in [7, 11) is 1.58. The van der Waals surface area contributed by atoms with Crippen molar-refractivity contribution in [2.24, 2.45) is 0 Å². The van der Waals surface area contributed by atoms with Crippen LogP contribution in [-0.4, -0.2) is 31.6 Å². The van der Waals surface area contributed by atoms with Gasteiger partial charge in [-0.2, -0.15) is 4.98 Å². The van der Waals surface area contributed by atoms with Crippen molar-refractivity contribution in [3.63, 3.8) is 0 Å². The Hall–Kier alpha value is -4.02. The lowest BCUT2D eigenvalue weighted by Gasteiger charge is -2.14. The lowest BCUT2D eigenvalue weighted by atomic mass is 10.2. The fourth-order valence-electron chi connectivity index (χ4n) is 3.58. The SMILES string of the molecule is COc1ccc(CN2C(=O)/C(=C\c3c(Oc4ccc(F)cc4)nc4ccccn4c3=O)SC2=S)cc1. The largest absolute Gasteiger partial charge is 0.497 e. The van der Waals surface area contributed by atoms with Crippen LogP contribution in [0.3, 0.4) is 0 Å². The van der Waals surface area contributed by atoms with Crippen LogP contribution in [0.2, 0.25) is 0 Å². The number of thioether (sulfide) groups is 1. The van der Waals surface area contributed by atoms with Crippen LogP contribution < -0.4 is 15.0 Å². The average Bonchev–Trinajstić information content (AvgIpc) is 3.15. The number of benzene rings is 2. The summed E-state index contributed by atoms with van der Waals surface area (Å²) in [6.45, 7) is 0.278. The van der Waals surface area contributed by atoms with E-state index in [1.165, 1.54) is 39.6 Å². The van der Waals surface area contributed by atoms with E-state index < -0.39 is 11.4 Å². The molecule has 0 N–H and O–H groups in total. The summed E-state index contributed by atoms with van der Waals surface area (Å²) in [5.41, 5.74) is 0.899. The van der Waals surface area contributed by atoms with Gasteiger partial charge in [-0.05, 0) is 60.2 Å². The number of carbonyl (C=O) groups excluding carboxylic acids is 1. The summed E-state index contributed by atoms with van der Waals surface area (Å²) in [5, 5.41) is 0. The molecule has 4 aromatic rings. The molecule has 0 saturated carbocycles. The number of amides is 1. The molecule has 5 rings (SSSR count). The van der Waals surface area contributed by atoms with Crippen LogP contribution in [0.1, 0.15) is 11.1 Å². The molecule has 3 heterocycles. The molecule has 2 aromatic heterocycles. The molecular weight excluding hydrogens is 501 g/mol. The van der Waals surface area contributed by atoms with Gasteiger partial charge < -0.3 is 9.47 Å². The van der Waals surface area contributed by atoms with E-state index in [0.29, 0.717) is 21.5 Å². The lowest BCUT2D eigenvalue weighted by molar-refractivity contribution is -0.122. The molecule has 1 aliphatic rings. The van der Waals surface area contributed by atoms with Gasteiger partial charge in [0.25, 0.3) is 11.5 Å². The number of hydrogen-bond acceptors (Lipinski definition) is 7. The van der Waals surface area contributed by atoms with Crippen molar-refractivity contribution in [1.82, 2.24) is 14.3 Å². The van der Waals surface area contributed by atoms with Gasteiger partial charge in [-0.15, -0.1) is 0 Å². The number of rotatable bonds is 6. The highest BCUT2D eigenvalue weighted by molar-refractivity contribution is 8.26. The average molecular weight is 520 g/mol. The number of nitrogens with zero attached hydrogens (tertiary/aromatic N) is 3. The minimum Gasteiger partial charge on any atom is -0.497 e. The van der Waals surface area contributed by atoms with Crippen molar-refractivity contribution in [1.29, 1.82) is 0 Å².